The molecule has 1 aliphatic heterocycles. The van der Waals surface area contributed by atoms with Gasteiger partial charge in [0.2, 0.25) is 5.95 Å². The number of nitrogens with two attached hydrogens (primary N) is 1. The quantitative estimate of drug-likeness (QED) is 0.571. The van der Waals surface area contributed by atoms with Gasteiger partial charge in [-0.05, 0) is 49.9 Å². The number of nitrogen functional groups attached to an aromatic ring is 1. The Balaban J connectivity index is 1.77. The fraction of sp³-hybridized carbons (Fsp3) is 0.286. The maximum absolute atomic E-state index is 9.19. The molecule has 4 rings (SSSR count). The predicted octanol–water partition coefficient (Wildman–Crippen LogP) is 2.63. The smallest absolute Gasteiger partial charge is 0.229 e. The van der Waals surface area contributed by atoms with Crippen LogP contribution in [0, 0.1) is 11.3 Å². The second kappa shape index (κ2) is 7.81. The first-order valence-electron chi connectivity index (χ1n) is 9.45. The first kappa shape index (κ1) is 18.8. The van der Waals surface area contributed by atoms with Gasteiger partial charge in [0.1, 0.15) is 11.6 Å². The number of nitrogens with one attached hydrogen (secondary N) is 2. The third-order valence-corrected chi connectivity index (χ3v) is 5.12. The Labute approximate surface area is 169 Å². The molecule has 148 valence electrons. The number of rotatable bonds is 5. The topological polar surface area (TPSA) is 112 Å². The van der Waals surface area contributed by atoms with Crippen LogP contribution in [0.1, 0.15) is 12.0 Å². The molecule has 2 heterocycles. The van der Waals surface area contributed by atoms with Crippen LogP contribution in [0.15, 0.2) is 36.4 Å². The molecule has 1 aromatic heterocycles. The SMILES string of the molecule is CN[C@H]1CCN(c2nc(Nc3cc(N)cc(C#N)c3)nc3ccc(OC)cc23)C1. The van der Waals surface area contributed by atoms with Gasteiger partial charge in [0.25, 0.3) is 0 Å². The summed E-state index contributed by atoms with van der Waals surface area (Å²) in [5, 5.41) is 16.7. The number of methoxy groups -OCH3 is 1. The number of benzene rings is 2. The van der Waals surface area contributed by atoms with Crippen LogP contribution in [-0.4, -0.2) is 43.3 Å². The molecule has 3 aromatic rings. The average molecular weight is 389 g/mol. The molecule has 8 heteroatoms. The zero-order valence-corrected chi connectivity index (χ0v) is 16.4. The van der Waals surface area contributed by atoms with Gasteiger partial charge in [-0.2, -0.15) is 10.2 Å². The van der Waals surface area contributed by atoms with Gasteiger partial charge in [-0.25, -0.2) is 4.98 Å². The van der Waals surface area contributed by atoms with Crippen LogP contribution in [0.25, 0.3) is 10.9 Å². The van der Waals surface area contributed by atoms with Gasteiger partial charge in [0, 0.05) is 35.9 Å². The minimum Gasteiger partial charge on any atom is -0.497 e. The molecular weight excluding hydrogens is 366 g/mol. The van der Waals surface area contributed by atoms with Crippen LogP contribution in [-0.2, 0) is 0 Å². The summed E-state index contributed by atoms with van der Waals surface area (Å²) >= 11 is 0. The third kappa shape index (κ3) is 3.86. The van der Waals surface area contributed by atoms with Gasteiger partial charge in [-0.3, -0.25) is 0 Å². The maximum atomic E-state index is 9.19. The summed E-state index contributed by atoms with van der Waals surface area (Å²) in [6, 6.07) is 13.4. The summed E-state index contributed by atoms with van der Waals surface area (Å²) in [7, 11) is 3.63. The van der Waals surface area contributed by atoms with Gasteiger partial charge >= 0.3 is 0 Å². The summed E-state index contributed by atoms with van der Waals surface area (Å²) in [5.74, 6) is 2.08. The van der Waals surface area contributed by atoms with Crippen LogP contribution in [0.2, 0.25) is 0 Å². The second-order valence-corrected chi connectivity index (χ2v) is 7.05. The number of anilines is 4. The fourth-order valence-corrected chi connectivity index (χ4v) is 3.62. The molecule has 2 aromatic carbocycles. The molecule has 1 aliphatic rings. The summed E-state index contributed by atoms with van der Waals surface area (Å²) < 4.78 is 5.40. The molecule has 0 saturated carbocycles. The van der Waals surface area contributed by atoms with Crippen molar-refractivity contribution in [2.75, 3.05) is 43.2 Å². The van der Waals surface area contributed by atoms with Crippen molar-refractivity contribution in [2.24, 2.45) is 0 Å². The van der Waals surface area contributed by atoms with Crippen LogP contribution >= 0.6 is 0 Å². The van der Waals surface area contributed by atoms with E-state index < -0.39 is 0 Å². The number of nitriles is 1. The Kier molecular flexibility index (Phi) is 5.06. The van der Waals surface area contributed by atoms with Gasteiger partial charge in [0.05, 0.1) is 24.3 Å². The number of hydrogen-bond acceptors (Lipinski definition) is 8. The van der Waals surface area contributed by atoms with E-state index in [9.17, 15) is 5.26 Å². The molecule has 1 saturated heterocycles. The van der Waals surface area contributed by atoms with E-state index in [0.29, 0.717) is 28.9 Å². The van der Waals surface area contributed by atoms with E-state index in [1.807, 2.05) is 25.2 Å². The number of ether oxygens (including phenoxy) is 1. The Bertz CT molecular complexity index is 1090. The van der Waals surface area contributed by atoms with Crippen molar-refractivity contribution < 1.29 is 4.74 Å². The monoisotopic (exact) mass is 389 g/mol. The molecule has 8 nitrogen and oxygen atoms in total. The number of likely N-dealkylation sites (N-methyl/N-ethyl adjacent to an activating group) is 1. The highest BCUT2D eigenvalue weighted by Crippen LogP contribution is 2.32. The fourth-order valence-electron chi connectivity index (χ4n) is 3.62. The maximum Gasteiger partial charge on any atom is 0.229 e. The molecule has 4 N–H and O–H groups in total. The highest BCUT2D eigenvalue weighted by molar-refractivity contribution is 5.92. The third-order valence-electron chi connectivity index (χ3n) is 5.12. The second-order valence-electron chi connectivity index (χ2n) is 7.05. The van der Waals surface area contributed by atoms with Gasteiger partial charge < -0.3 is 26.0 Å². The molecule has 1 atom stereocenters. The number of hydrogen-bond donors (Lipinski definition) is 3. The van der Waals surface area contributed by atoms with E-state index in [2.05, 4.69) is 26.6 Å². The van der Waals surface area contributed by atoms with Crippen molar-refractivity contribution >= 4 is 34.0 Å². The van der Waals surface area contributed by atoms with Crippen molar-refractivity contribution in [3.05, 3.63) is 42.0 Å². The molecule has 0 bridgehead atoms. The number of fused-ring (bicyclic) bond motifs is 1. The molecule has 1 fully saturated rings. The van der Waals surface area contributed by atoms with Crippen molar-refractivity contribution in [1.29, 1.82) is 5.26 Å². The van der Waals surface area contributed by atoms with Crippen LogP contribution in [0.5, 0.6) is 5.75 Å². The zero-order chi connectivity index (χ0) is 20.4. The van der Waals surface area contributed by atoms with Crippen LogP contribution in [0.3, 0.4) is 0 Å². The van der Waals surface area contributed by atoms with Crippen molar-refractivity contribution in [3.63, 3.8) is 0 Å². The lowest BCUT2D eigenvalue weighted by atomic mass is 10.2. The van der Waals surface area contributed by atoms with Gasteiger partial charge in [0.15, 0.2) is 0 Å². The zero-order valence-electron chi connectivity index (χ0n) is 16.4. The molecule has 0 radical (unpaired) electrons. The van der Waals surface area contributed by atoms with Gasteiger partial charge in [-0.15, -0.1) is 0 Å². The molecule has 0 unspecified atom stereocenters. The van der Waals surface area contributed by atoms with E-state index >= 15 is 0 Å². The Morgan fingerprint density at radius 1 is 1.24 bits per heavy atom. The van der Waals surface area contributed by atoms with Crippen LogP contribution < -0.4 is 26.0 Å². The molecular formula is C21H23N7O. The van der Waals surface area contributed by atoms with E-state index in [1.165, 1.54) is 0 Å². The van der Waals surface area contributed by atoms with E-state index in [4.69, 9.17) is 15.5 Å². The normalized spacial score (nSPS) is 16.0. The summed E-state index contributed by atoms with van der Waals surface area (Å²) in [6.45, 7) is 1.78. The first-order chi connectivity index (χ1) is 14.1. The summed E-state index contributed by atoms with van der Waals surface area (Å²) in [4.78, 5) is 11.7. The van der Waals surface area contributed by atoms with E-state index in [-0.39, 0.29) is 0 Å². The molecule has 0 spiro atoms. The Morgan fingerprint density at radius 2 is 2.10 bits per heavy atom. The highest BCUT2D eigenvalue weighted by Gasteiger charge is 2.24. The van der Waals surface area contributed by atoms with Crippen molar-refractivity contribution in [2.45, 2.75) is 12.5 Å². The largest absolute Gasteiger partial charge is 0.497 e. The molecule has 0 amide bonds. The number of nitrogens with zero attached hydrogens (tertiary/aromatic N) is 4. The Morgan fingerprint density at radius 3 is 2.83 bits per heavy atom. The summed E-state index contributed by atoms with van der Waals surface area (Å²) in [5.41, 5.74) is 8.39. The average Bonchev–Trinajstić information content (AvgIpc) is 3.21. The minimum atomic E-state index is 0.425. The van der Waals surface area contributed by atoms with Crippen LogP contribution in [0.4, 0.5) is 23.1 Å². The standard InChI is InChI=1S/C21H23N7O/c1-24-15-5-6-28(12-15)20-18-10-17(29-2)3-4-19(18)26-21(27-20)25-16-8-13(11-22)7-14(23)9-16/h3-4,7-10,15,24H,5-6,12,23H2,1-2H3,(H,25,26,27)/t15-/m0/s1. The van der Waals surface area contributed by atoms with E-state index in [0.717, 1.165) is 42.0 Å². The predicted molar refractivity (Wildman–Crippen MR) is 115 cm³/mol. The minimum absolute atomic E-state index is 0.425. The van der Waals surface area contributed by atoms with E-state index in [1.54, 1.807) is 25.3 Å². The highest BCUT2D eigenvalue weighted by atomic mass is 16.5. The van der Waals surface area contributed by atoms with Gasteiger partial charge in [-0.1, -0.05) is 0 Å². The first-order valence-corrected chi connectivity index (χ1v) is 9.45. The number of aromatic nitrogens is 2. The lowest BCUT2D eigenvalue weighted by Crippen LogP contribution is -2.30. The molecule has 0 aliphatic carbocycles. The molecule has 29 heavy (non-hydrogen) atoms. The Hall–Kier alpha value is -3.57. The lowest BCUT2D eigenvalue weighted by Gasteiger charge is -2.20. The lowest BCUT2D eigenvalue weighted by molar-refractivity contribution is 0.415. The van der Waals surface area contributed by atoms with Crippen molar-refractivity contribution in [3.8, 4) is 11.8 Å². The summed E-state index contributed by atoms with van der Waals surface area (Å²) in [6.07, 6.45) is 1.05. The van der Waals surface area contributed by atoms with Crippen molar-refractivity contribution in [1.82, 2.24) is 15.3 Å².